The Morgan fingerprint density at radius 1 is 1.15 bits per heavy atom. The van der Waals surface area contributed by atoms with Gasteiger partial charge < -0.3 is 14.4 Å². The molecule has 1 fully saturated rings. The molecule has 1 saturated heterocycles. The number of methoxy groups -OCH3 is 1. The minimum Gasteiger partial charge on any atom is -0.493 e. The van der Waals surface area contributed by atoms with E-state index in [9.17, 15) is 8.42 Å². The minimum absolute atomic E-state index is 0.529. The Balaban J connectivity index is 1.28. The average Bonchev–Trinajstić information content (AvgIpc) is 3.30. The standard InChI is InChI=1S/C25H33N3O4S2/c1-18-16-20(19(2)34(26,29)30)17-23(31-3)25(18)32-14-5-9-27-10-12-28(13-11-27)22-6-4-7-24-21(22)8-15-33-24/h4,6-8,15-17,19H,5,9-14H2,1-3H3,(H2,26,29,30). The summed E-state index contributed by atoms with van der Waals surface area (Å²) in [5.74, 6) is 1.18. The van der Waals surface area contributed by atoms with Gasteiger partial charge >= 0.3 is 0 Å². The van der Waals surface area contributed by atoms with Gasteiger partial charge in [0.25, 0.3) is 0 Å². The topological polar surface area (TPSA) is 85.1 Å². The number of nitrogens with zero attached hydrogens (tertiary/aromatic N) is 2. The first-order valence-electron chi connectivity index (χ1n) is 11.5. The molecule has 1 unspecified atom stereocenters. The molecule has 1 aromatic heterocycles. The molecule has 7 nitrogen and oxygen atoms in total. The van der Waals surface area contributed by atoms with Crippen LogP contribution in [-0.4, -0.2) is 59.8 Å². The zero-order valence-corrected chi connectivity index (χ0v) is 21.6. The van der Waals surface area contributed by atoms with Gasteiger partial charge in [-0.3, -0.25) is 4.90 Å². The molecule has 9 heteroatoms. The van der Waals surface area contributed by atoms with E-state index in [1.54, 1.807) is 37.5 Å². The van der Waals surface area contributed by atoms with Gasteiger partial charge in [-0.25, -0.2) is 13.6 Å². The summed E-state index contributed by atoms with van der Waals surface area (Å²) in [5, 5.41) is 8.02. The molecule has 184 valence electrons. The van der Waals surface area contributed by atoms with Gasteiger partial charge in [0.1, 0.15) is 0 Å². The molecular formula is C25H33N3O4S2. The van der Waals surface area contributed by atoms with E-state index in [1.807, 2.05) is 6.92 Å². The molecule has 0 bridgehead atoms. The SMILES string of the molecule is COc1cc(C(C)S(N)(=O)=O)cc(C)c1OCCCN1CCN(c2cccc3sccc23)CC1. The Bertz CT molecular complexity index is 1230. The maximum absolute atomic E-state index is 11.7. The van der Waals surface area contributed by atoms with Crippen molar-refractivity contribution in [2.24, 2.45) is 5.14 Å². The Hall–Kier alpha value is -2.33. The molecular weight excluding hydrogens is 470 g/mol. The number of rotatable bonds is 9. The van der Waals surface area contributed by atoms with Crippen LogP contribution in [0.1, 0.15) is 29.7 Å². The molecule has 0 spiro atoms. The molecule has 0 saturated carbocycles. The van der Waals surface area contributed by atoms with Crippen LogP contribution in [0.2, 0.25) is 0 Å². The van der Waals surface area contributed by atoms with Crippen molar-refractivity contribution >= 4 is 37.1 Å². The summed E-state index contributed by atoms with van der Waals surface area (Å²) in [6, 6.07) is 12.3. The molecule has 34 heavy (non-hydrogen) atoms. The Labute approximate surface area is 206 Å². The second-order valence-corrected chi connectivity index (χ2v) is 11.6. The van der Waals surface area contributed by atoms with Gasteiger partial charge in [0, 0.05) is 48.5 Å². The second kappa shape index (κ2) is 10.5. The summed E-state index contributed by atoms with van der Waals surface area (Å²) in [6.45, 7) is 9.11. The number of thiophene rings is 1. The fourth-order valence-corrected chi connectivity index (χ4v) is 5.78. The third-order valence-electron chi connectivity index (χ3n) is 6.50. The number of aryl methyl sites for hydroxylation is 1. The van der Waals surface area contributed by atoms with Crippen LogP contribution in [0.25, 0.3) is 10.1 Å². The Morgan fingerprint density at radius 2 is 1.91 bits per heavy atom. The lowest BCUT2D eigenvalue weighted by atomic mass is 10.1. The summed E-state index contributed by atoms with van der Waals surface area (Å²) in [5.41, 5.74) is 2.77. The second-order valence-electron chi connectivity index (χ2n) is 8.74. The third kappa shape index (κ3) is 5.49. The van der Waals surface area contributed by atoms with E-state index in [0.717, 1.165) is 44.7 Å². The molecule has 3 aromatic rings. The van der Waals surface area contributed by atoms with E-state index in [2.05, 4.69) is 39.4 Å². The number of hydrogen-bond donors (Lipinski definition) is 1. The quantitative estimate of drug-likeness (QED) is 0.442. The molecule has 1 aliphatic heterocycles. The number of nitrogens with two attached hydrogens (primary N) is 1. The fourth-order valence-electron chi connectivity index (χ4n) is 4.46. The Kier molecular flexibility index (Phi) is 7.67. The molecule has 2 heterocycles. The van der Waals surface area contributed by atoms with Gasteiger partial charge in [-0.2, -0.15) is 0 Å². The van der Waals surface area contributed by atoms with Crippen molar-refractivity contribution in [1.29, 1.82) is 0 Å². The number of hydrogen-bond acceptors (Lipinski definition) is 7. The van der Waals surface area contributed by atoms with Crippen molar-refractivity contribution in [1.82, 2.24) is 4.90 Å². The van der Waals surface area contributed by atoms with Crippen LogP contribution < -0.4 is 19.5 Å². The van der Waals surface area contributed by atoms with Crippen LogP contribution >= 0.6 is 11.3 Å². The van der Waals surface area contributed by atoms with Gasteiger partial charge in [0.2, 0.25) is 10.0 Å². The summed E-state index contributed by atoms with van der Waals surface area (Å²) < 4.78 is 36.3. The smallest absolute Gasteiger partial charge is 0.215 e. The van der Waals surface area contributed by atoms with E-state index < -0.39 is 15.3 Å². The number of fused-ring (bicyclic) bond motifs is 1. The highest BCUT2D eigenvalue weighted by Gasteiger charge is 2.22. The van der Waals surface area contributed by atoms with E-state index in [4.69, 9.17) is 14.6 Å². The van der Waals surface area contributed by atoms with Crippen molar-refractivity contribution in [2.75, 3.05) is 51.3 Å². The number of benzene rings is 2. The van der Waals surface area contributed by atoms with Crippen LogP contribution in [0.3, 0.4) is 0 Å². The highest BCUT2D eigenvalue weighted by molar-refractivity contribution is 7.89. The number of sulfonamides is 1. The number of anilines is 1. The minimum atomic E-state index is -3.68. The first-order chi connectivity index (χ1) is 16.3. The van der Waals surface area contributed by atoms with Crippen molar-refractivity contribution in [2.45, 2.75) is 25.5 Å². The maximum atomic E-state index is 11.7. The summed E-state index contributed by atoms with van der Waals surface area (Å²) in [7, 11) is -2.12. The normalized spacial score (nSPS) is 16.1. The highest BCUT2D eigenvalue weighted by Crippen LogP contribution is 2.36. The lowest BCUT2D eigenvalue weighted by Gasteiger charge is -2.36. The van der Waals surface area contributed by atoms with Crippen molar-refractivity contribution in [3.8, 4) is 11.5 Å². The van der Waals surface area contributed by atoms with Crippen LogP contribution in [0, 0.1) is 6.92 Å². The molecule has 2 N–H and O–H groups in total. The zero-order chi connectivity index (χ0) is 24.3. The number of piperazine rings is 1. The molecule has 2 aromatic carbocycles. The lowest BCUT2D eigenvalue weighted by molar-refractivity contribution is 0.221. The fraction of sp³-hybridized carbons (Fsp3) is 0.440. The number of ether oxygens (including phenoxy) is 2. The monoisotopic (exact) mass is 503 g/mol. The lowest BCUT2D eigenvalue weighted by Crippen LogP contribution is -2.46. The van der Waals surface area contributed by atoms with Crippen molar-refractivity contribution < 1.29 is 17.9 Å². The van der Waals surface area contributed by atoms with Crippen LogP contribution in [0.4, 0.5) is 5.69 Å². The molecule has 0 amide bonds. The summed E-state index contributed by atoms with van der Waals surface area (Å²) in [4.78, 5) is 4.97. The van der Waals surface area contributed by atoms with Crippen LogP contribution in [-0.2, 0) is 10.0 Å². The first kappa shape index (κ1) is 24.8. The Morgan fingerprint density at radius 3 is 2.62 bits per heavy atom. The maximum Gasteiger partial charge on any atom is 0.215 e. The summed E-state index contributed by atoms with van der Waals surface area (Å²) >= 11 is 1.79. The van der Waals surface area contributed by atoms with Crippen molar-refractivity contribution in [3.63, 3.8) is 0 Å². The van der Waals surface area contributed by atoms with Crippen LogP contribution in [0.5, 0.6) is 11.5 Å². The van der Waals surface area contributed by atoms with E-state index in [-0.39, 0.29) is 0 Å². The average molecular weight is 504 g/mol. The zero-order valence-electron chi connectivity index (χ0n) is 20.0. The molecule has 0 aliphatic carbocycles. The number of primary sulfonamides is 1. The highest BCUT2D eigenvalue weighted by atomic mass is 32.2. The summed E-state index contributed by atoms with van der Waals surface area (Å²) in [6.07, 6.45) is 0.901. The van der Waals surface area contributed by atoms with Gasteiger partial charge in [0.15, 0.2) is 11.5 Å². The van der Waals surface area contributed by atoms with Crippen molar-refractivity contribution in [3.05, 3.63) is 52.9 Å². The molecule has 1 atom stereocenters. The van der Waals surface area contributed by atoms with Crippen LogP contribution in [0.15, 0.2) is 41.8 Å². The van der Waals surface area contributed by atoms with Gasteiger partial charge in [0.05, 0.1) is 19.0 Å². The molecule has 0 radical (unpaired) electrons. The van der Waals surface area contributed by atoms with Gasteiger partial charge in [-0.1, -0.05) is 12.1 Å². The first-order valence-corrected chi connectivity index (χ1v) is 14.0. The predicted molar refractivity (Wildman–Crippen MR) is 140 cm³/mol. The molecule has 4 rings (SSSR count). The van der Waals surface area contributed by atoms with Gasteiger partial charge in [-0.05, 0) is 61.0 Å². The van der Waals surface area contributed by atoms with E-state index in [0.29, 0.717) is 23.7 Å². The van der Waals surface area contributed by atoms with E-state index >= 15 is 0 Å². The third-order valence-corrected chi connectivity index (χ3v) is 8.64. The largest absolute Gasteiger partial charge is 0.493 e. The van der Waals surface area contributed by atoms with E-state index in [1.165, 1.54) is 15.8 Å². The predicted octanol–water partition coefficient (Wildman–Crippen LogP) is 4.16. The molecule has 1 aliphatic rings. The van der Waals surface area contributed by atoms with Gasteiger partial charge in [-0.15, -0.1) is 11.3 Å².